The molecule has 2 aromatic rings. The third-order valence-corrected chi connectivity index (χ3v) is 5.16. The topological polar surface area (TPSA) is 57.1 Å². The van der Waals surface area contributed by atoms with Crippen LogP contribution in [0.1, 0.15) is 16.7 Å². The van der Waals surface area contributed by atoms with E-state index in [-0.39, 0.29) is 11.2 Å². The van der Waals surface area contributed by atoms with E-state index in [4.69, 9.17) is 0 Å². The number of carbonyl (C=O) groups excluding carboxylic acids is 1. The summed E-state index contributed by atoms with van der Waals surface area (Å²) in [6.07, 6.45) is 2.37. The summed E-state index contributed by atoms with van der Waals surface area (Å²) in [6, 6.07) is 16.3. The van der Waals surface area contributed by atoms with E-state index < -0.39 is 0 Å². The minimum atomic E-state index is -0.161. The molecule has 6 heteroatoms. The number of carbonyl (C=O) groups is 1. The molecule has 1 atom stereocenters. The lowest BCUT2D eigenvalue weighted by atomic mass is 10.1. The Morgan fingerprint density at radius 3 is 2.46 bits per heavy atom. The molecule has 5 nitrogen and oxygen atoms in total. The van der Waals surface area contributed by atoms with Crippen LogP contribution in [-0.2, 0) is 11.2 Å². The second-order valence-corrected chi connectivity index (χ2v) is 7.61. The summed E-state index contributed by atoms with van der Waals surface area (Å²) in [5.74, 6) is -0.0140. The van der Waals surface area contributed by atoms with Gasteiger partial charge in [0.05, 0.1) is 11.5 Å². The Bertz CT molecular complexity index is 826. The highest BCUT2D eigenvalue weighted by atomic mass is 32.2. The molecule has 1 fully saturated rings. The number of nitrogens with one attached hydrogen (secondary N) is 1. The Morgan fingerprint density at radius 1 is 1.12 bits per heavy atom. The van der Waals surface area contributed by atoms with Crippen LogP contribution in [0.3, 0.4) is 0 Å². The predicted molar refractivity (Wildman–Crippen MR) is 110 cm³/mol. The van der Waals surface area contributed by atoms with Gasteiger partial charge in [0.25, 0.3) is 0 Å². The van der Waals surface area contributed by atoms with Gasteiger partial charge in [-0.15, -0.1) is 5.10 Å². The lowest BCUT2D eigenvalue weighted by Crippen LogP contribution is -2.25. The van der Waals surface area contributed by atoms with Crippen LogP contribution in [0, 0.1) is 6.92 Å². The maximum atomic E-state index is 12.1. The van der Waals surface area contributed by atoms with Crippen molar-refractivity contribution in [3.05, 3.63) is 65.2 Å². The smallest absolute Gasteiger partial charge is 0.239 e. The van der Waals surface area contributed by atoms with Gasteiger partial charge in [0.2, 0.25) is 5.91 Å². The fourth-order valence-electron chi connectivity index (χ4n) is 2.53. The van der Waals surface area contributed by atoms with E-state index in [1.54, 1.807) is 6.21 Å². The zero-order chi connectivity index (χ0) is 18.5. The molecule has 0 unspecified atom stereocenters. The van der Waals surface area contributed by atoms with Gasteiger partial charge in [-0.2, -0.15) is 5.10 Å². The van der Waals surface area contributed by atoms with Gasteiger partial charge in [-0.05, 0) is 36.6 Å². The molecule has 0 aliphatic carbocycles. The van der Waals surface area contributed by atoms with E-state index in [2.05, 4.69) is 46.7 Å². The lowest BCUT2D eigenvalue weighted by Gasteiger charge is -2.11. The van der Waals surface area contributed by atoms with Gasteiger partial charge < -0.3 is 10.2 Å². The number of anilines is 1. The van der Waals surface area contributed by atoms with E-state index in [1.807, 2.05) is 43.3 Å². The van der Waals surface area contributed by atoms with Crippen LogP contribution in [0.2, 0.25) is 0 Å². The zero-order valence-corrected chi connectivity index (χ0v) is 16.0. The summed E-state index contributed by atoms with van der Waals surface area (Å²) in [5, 5.41) is 11.4. The van der Waals surface area contributed by atoms with Crippen molar-refractivity contribution in [2.24, 2.45) is 10.2 Å². The molecule has 1 heterocycles. The molecule has 0 bridgehead atoms. The molecule has 26 heavy (non-hydrogen) atoms. The SMILES string of the molecule is Cc1ccc(C[C@@H]2S/C(=N/N=C\c3ccc(N(C)C)cc3)NC2=O)cc1. The van der Waals surface area contributed by atoms with E-state index in [0.29, 0.717) is 11.6 Å². The molecule has 1 aliphatic heterocycles. The molecule has 0 spiro atoms. The number of nitrogens with zero attached hydrogens (tertiary/aromatic N) is 3. The molecule has 1 amide bonds. The normalized spacial score (nSPS) is 18.5. The van der Waals surface area contributed by atoms with Crippen LogP contribution in [0.25, 0.3) is 0 Å². The standard InChI is InChI=1S/C20H22N4OS/c1-14-4-6-15(7-5-14)12-18-19(25)22-20(26-18)23-21-13-16-8-10-17(11-9-16)24(2)3/h4-11,13,18H,12H2,1-3H3,(H,22,23,25)/b21-13-/t18-/m0/s1. The number of hydrogen-bond donors (Lipinski definition) is 1. The summed E-state index contributed by atoms with van der Waals surface area (Å²) in [7, 11) is 4.00. The van der Waals surface area contributed by atoms with Crippen molar-refractivity contribution < 1.29 is 4.79 Å². The van der Waals surface area contributed by atoms with Gasteiger partial charge in [-0.3, -0.25) is 4.79 Å². The van der Waals surface area contributed by atoms with Crippen LogP contribution < -0.4 is 10.2 Å². The van der Waals surface area contributed by atoms with Crippen molar-refractivity contribution >= 4 is 34.7 Å². The van der Waals surface area contributed by atoms with Crippen molar-refractivity contribution in [1.29, 1.82) is 0 Å². The van der Waals surface area contributed by atoms with Crippen molar-refractivity contribution in [2.45, 2.75) is 18.6 Å². The Morgan fingerprint density at radius 2 is 1.81 bits per heavy atom. The number of aryl methyl sites for hydroxylation is 1. The van der Waals surface area contributed by atoms with Crippen molar-refractivity contribution in [1.82, 2.24) is 5.32 Å². The minimum Gasteiger partial charge on any atom is -0.378 e. The fraction of sp³-hybridized carbons (Fsp3) is 0.250. The van der Waals surface area contributed by atoms with Crippen molar-refractivity contribution in [2.75, 3.05) is 19.0 Å². The van der Waals surface area contributed by atoms with Crippen LogP contribution in [0.15, 0.2) is 58.7 Å². The average Bonchev–Trinajstić information content (AvgIpc) is 2.97. The number of thioether (sulfide) groups is 1. The Hall–Kier alpha value is -2.60. The van der Waals surface area contributed by atoms with E-state index in [0.717, 1.165) is 16.8 Å². The highest BCUT2D eigenvalue weighted by Gasteiger charge is 2.30. The molecule has 0 aromatic heterocycles. The first-order valence-corrected chi connectivity index (χ1v) is 9.31. The summed E-state index contributed by atoms with van der Waals surface area (Å²) in [6.45, 7) is 2.05. The van der Waals surface area contributed by atoms with Crippen LogP contribution >= 0.6 is 11.8 Å². The first-order valence-electron chi connectivity index (χ1n) is 8.43. The molecule has 1 N–H and O–H groups in total. The number of hydrogen-bond acceptors (Lipinski definition) is 5. The molecule has 0 radical (unpaired) electrons. The number of benzene rings is 2. The van der Waals surface area contributed by atoms with Crippen molar-refractivity contribution in [3.8, 4) is 0 Å². The van der Waals surface area contributed by atoms with E-state index in [1.165, 1.54) is 17.3 Å². The van der Waals surface area contributed by atoms with E-state index >= 15 is 0 Å². The fourth-order valence-corrected chi connectivity index (χ4v) is 3.50. The molecule has 3 rings (SSSR count). The molecule has 1 saturated heterocycles. The molecular formula is C20H22N4OS. The van der Waals surface area contributed by atoms with Crippen LogP contribution in [0.5, 0.6) is 0 Å². The highest BCUT2D eigenvalue weighted by Crippen LogP contribution is 2.23. The van der Waals surface area contributed by atoms with Gasteiger partial charge in [-0.1, -0.05) is 53.7 Å². The van der Waals surface area contributed by atoms with Gasteiger partial charge in [0.1, 0.15) is 0 Å². The molecular weight excluding hydrogens is 344 g/mol. The quantitative estimate of drug-likeness (QED) is 0.653. The van der Waals surface area contributed by atoms with Gasteiger partial charge in [0, 0.05) is 19.8 Å². The number of amides is 1. The summed E-state index contributed by atoms with van der Waals surface area (Å²) in [5.41, 5.74) is 4.46. The van der Waals surface area contributed by atoms with Crippen LogP contribution in [-0.4, -0.2) is 36.6 Å². The second-order valence-electron chi connectivity index (χ2n) is 6.42. The zero-order valence-electron chi connectivity index (χ0n) is 15.1. The first-order chi connectivity index (χ1) is 12.5. The largest absolute Gasteiger partial charge is 0.378 e. The Labute approximate surface area is 158 Å². The molecule has 0 saturated carbocycles. The third kappa shape index (κ3) is 4.73. The molecule has 1 aliphatic rings. The minimum absolute atomic E-state index is 0.0140. The highest BCUT2D eigenvalue weighted by molar-refractivity contribution is 8.15. The third-order valence-electron chi connectivity index (χ3n) is 4.08. The van der Waals surface area contributed by atoms with Crippen LogP contribution in [0.4, 0.5) is 5.69 Å². The maximum absolute atomic E-state index is 12.1. The number of rotatable bonds is 5. The second kappa shape index (κ2) is 8.19. The molecule has 134 valence electrons. The monoisotopic (exact) mass is 366 g/mol. The summed E-state index contributed by atoms with van der Waals surface area (Å²) in [4.78, 5) is 14.2. The van der Waals surface area contributed by atoms with Crippen molar-refractivity contribution in [3.63, 3.8) is 0 Å². The van der Waals surface area contributed by atoms with Gasteiger partial charge >= 0.3 is 0 Å². The Balaban J connectivity index is 1.59. The lowest BCUT2D eigenvalue weighted by molar-refractivity contribution is -0.118. The summed E-state index contributed by atoms with van der Waals surface area (Å²) < 4.78 is 0. The molecule has 2 aromatic carbocycles. The average molecular weight is 366 g/mol. The van der Waals surface area contributed by atoms with Gasteiger partial charge in [-0.25, -0.2) is 0 Å². The summed E-state index contributed by atoms with van der Waals surface area (Å²) >= 11 is 1.43. The number of amidine groups is 1. The predicted octanol–water partition coefficient (Wildman–Crippen LogP) is 3.23. The maximum Gasteiger partial charge on any atom is 0.239 e. The van der Waals surface area contributed by atoms with Gasteiger partial charge in [0.15, 0.2) is 5.17 Å². The Kier molecular flexibility index (Phi) is 5.73. The van der Waals surface area contributed by atoms with E-state index in [9.17, 15) is 4.79 Å². The first kappa shape index (κ1) is 18.2.